The number of carbonyl (C=O) groups excluding carboxylic acids is 1. The quantitative estimate of drug-likeness (QED) is 0.646. The van der Waals surface area contributed by atoms with E-state index in [2.05, 4.69) is 4.74 Å². The van der Waals surface area contributed by atoms with Gasteiger partial charge in [0.05, 0.1) is 20.1 Å². The molecule has 2 N–H and O–H groups in total. The van der Waals surface area contributed by atoms with Crippen LogP contribution in [0.5, 0.6) is 0 Å². The molecular weight excluding hydrogens is 170 g/mol. The van der Waals surface area contributed by atoms with Crippen LogP contribution in [-0.2, 0) is 14.3 Å². The molecule has 0 radical (unpaired) electrons. The molecule has 1 rings (SSSR count). The molecule has 1 aliphatic heterocycles. The topological polar surface area (TPSA) is 61.5 Å². The number of esters is 1. The van der Waals surface area contributed by atoms with Crippen LogP contribution in [0.2, 0.25) is 0 Å². The van der Waals surface area contributed by atoms with Crippen molar-refractivity contribution in [2.45, 2.75) is 25.3 Å². The first-order valence-corrected chi connectivity index (χ1v) is 4.64. The van der Waals surface area contributed by atoms with E-state index in [1.807, 2.05) is 0 Å². The van der Waals surface area contributed by atoms with Gasteiger partial charge in [0.1, 0.15) is 0 Å². The fourth-order valence-electron chi connectivity index (χ4n) is 1.55. The first-order chi connectivity index (χ1) is 6.24. The maximum Gasteiger partial charge on any atom is 0.307 e. The number of ether oxygens (including phenoxy) is 2. The summed E-state index contributed by atoms with van der Waals surface area (Å²) < 4.78 is 9.84. The number of methoxy groups -OCH3 is 1. The molecule has 0 aromatic rings. The highest BCUT2D eigenvalue weighted by molar-refractivity contribution is 5.69. The minimum Gasteiger partial charge on any atom is -0.469 e. The third kappa shape index (κ3) is 3.32. The molecule has 0 aromatic carbocycles. The third-order valence-electron chi connectivity index (χ3n) is 2.43. The van der Waals surface area contributed by atoms with Gasteiger partial charge in [-0.2, -0.15) is 0 Å². The smallest absolute Gasteiger partial charge is 0.307 e. The standard InChI is InChI=1S/C9H17NO3/c1-12-9(11)5-8(10)7-3-2-4-13-6-7/h7-8H,2-6,10H2,1H3/t7?,8-/m1/s1. The van der Waals surface area contributed by atoms with Crippen LogP contribution in [0.1, 0.15) is 19.3 Å². The van der Waals surface area contributed by atoms with Gasteiger partial charge in [0.25, 0.3) is 0 Å². The van der Waals surface area contributed by atoms with Crippen LogP contribution in [0.4, 0.5) is 0 Å². The minimum absolute atomic E-state index is 0.118. The first kappa shape index (κ1) is 10.5. The monoisotopic (exact) mass is 187 g/mol. The number of hydrogen-bond acceptors (Lipinski definition) is 4. The Morgan fingerprint density at radius 1 is 1.77 bits per heavy atom. The molecule has 2 atom stereocenters. The second-order valence-electron chi connectivity index (χ2n) is 3.42. The lowest BCUT2D eigenvalue weighted by Gasteiger charge is -2.26. The highest BCUT2D eigenvalue weighted by Crippen LogP contribution is 2.18. The maximum absolute atomic E-state index is 10.9. The summed E-state index contributed by atoms with van der Waals surface area (Å²) in [7, 11) is 1.38. The van der Waals surface area contributed by atoms with Gasteiger partial charge in [-0.05, 0) is 18.8 Å². The van der Waals surface area contributed by atoms with E-state index in [0.29, 0.717) is 18.9 Å². The lowest BCUT2D eigenvalue weighted by molar-refractivity contribution is -0.141. The van der Waals surface area contributed by atoms with Gasteiger partial charge in [0, 0.05) is 12.6 Å². The molecule has 0 aliphatic carbocycles. The zero-order valence-electron chi connectivity index (χ0n) is 7.99. The average Bonchev–Trinajstić information content (AvgIpc) is 2.19. The Bertz CT molecular complexity index is 166. The van der Waals surface area contributed by atoms with E-state index in [4.69, 9.17) is 10.5 Å². The minimum atomic E-state index is -0.238. The molecule has 13 heavy (non-hydrogen) atoms. The van der Waals surface area contributed by atoms with Gasteiger partial charge in [-0.25, -0.2) is 0 Å². The van der Waals surface area contributed by atoms with Crippen LogP contribution in [-0.4, -0.2) is 32.3 Å². The van der Waals surface area contributed by atoms with Crippen molar-refractivity contribution in [3.8, 4) is 0 Å². The van der Waals surface area contributed by atoms with Crippen LogP contribution in [0, 0.1) is 5.92 Å². The Labute approximate surface area is 78.4 Å². The van der Waals surface area contributed by atoms with Crippen molar-refractivity contribution < 1.29 is 14.3 Å². The van der Waals surface area contributed by atoms with Gasteiger partial charge < -0.3 is 15.2 Å². The van der Waals surface area contributed by atoms with E-state index in [0.717, 1.165) is 19.4 Å². The molecule has 1 unspecified atom stereocenters. The molecule has 0 saturated carbocycles. The lowest BCUT2D eigenvalue weighted by Crippen LogP contribution is -2.37. The van der Waals surface area contributed by atoms with Gasteiger partial charge in [0.2, 0.25) is 0 Å². The number of nitrogens with two attached hydrogens (primary N) is 1. The van der Waals surface area contributed by atoms with Gasteiger partial charge in [-0.15, -0.1) is 0 Å². The molecular formula is C9H17NO3. The molecule has 0 bridgehead atoms. The summed E-state index contributed by atoms with van der Waals surface area (Å²) in [6.45, 7) is 1.50. The zero-order valence-corrected chi connectivity index (χ0v) is 7.99. The largest absolute Gasteiger partial charge is 0.469 e. The van der Waals surface area contributed by atoms with E-state index in [-0.39, 0.29) is 12.0 Å². The predicted molar refractivity (Wildman–Crippen MR) is 48.2 cm³/mol. The highest BCUT2D eigenvalue weighted by atomic mass is 16.5. The molecule has 0 amide bonds. The van der Waals surface area contributed by atoms with E-state index in [1.165, 1.54) is 7.11 Å². The normalized spacial score (nSPS) is 25.2. The van der Waals surface area contributed by atoms with Crippen molar-refractivity contribution >= 4 is 5.97 Å². The van der Waals surface area contributed by atoms with E-state index >= 15 is 0 Å². The molecule has 1 fully saturated rings. The molecule has 1 heterocycles. The SMILES string of the molecule is COC(=O)C[C@@H](N)C1CCCOC1. The Morgan fingerprint density at radius 2 is 2.54 bits per heavy atom. The summed E-state index contributed by atoms with van der Waals surface area (Å²) in [5.41, 5.74) is 5.84. The van der Waals surface area contributed by atoms with Gasteiger partial charge in [0.15, 0.2) is 0 Å². The molecule has 76 valence electrons. The van der Waals surface area contributed by atoms with Crippen molar-refractivity contribution in [3.63, 3.8) is 0 Å². The molecule has 0 aromatic heterocycles. The molecule has 4 heteroatoms. The van der Waals surface area contributed by atoms with Gasteiger partial charge in [-0.3, -0.25) is 4.79 Å². The molecule has 1 saturated heterocycles. The van der Waals surface area contributed by atoms with Crippen molar-refractivity contribution in [3.05, 3.63) is 0 Å². The van der Waals surface area contributed by atoms with Crippen molar-refractivity contribution in [1.82, 2.24) is 0 Å². The van der Waals surface area contributed by atoms with Crippen molar-refractivity contribution in [2.75, 3.05) is 20.3 Å². The van der Waals surface area contributed by atoms with Gasteiger partial charge in [-0.1, -0.05) is 0 Å². The van der Waals surface area contributed by atoms with Gasteiger partial charge >= 0.3 is 5.97 Å². The first-order valence-electron chi connectivity index (χ1n) is 4.64. The summed E-state index contributed by atoms with van der Waals surface area (Å²) in [6, 6.07) is -0.118. The fourth-order valence-corrected chi connectivity index (χ4v) is 1.55. The zero-order chi connectivity index (χ0) is 9.68. The number of hydrogen-bond donors (Lipinski definition) is 1. The van der Waals surface area contributed by atoms with Crippen LogP contribution in [0.25, 0.3) is 0 Å². The van der Waals surface area contributed by atoms with E-state index in [1.54, 1.807) is 0 Å². The Morgan fingerprint density at radius 3 is 3.08 bits per heavy atom. The molecule has 1 aliphatic rings. The Hall–Kier alpha value is -0.610. The number of carbonyl (C=O) groups is 1. The maximum atomic E-state index is 10.9. The lowest BCUT2D eigenvalue weighted by atomic mass is 9.92. The summed E-state index contributed by atoms with van der Waals surface area (Å²) in [5.74, 6) is 0.0749. The molecule has 0 spiro atoms. The number of rotatable bonds is 3. The van der Waals surface area contributed by atoms with Crippen LogP contribution < -0.4 is 5.73 Å². The highest BCUT2D eigenvalue weighted by Gasteiger charge is 2.23. The van der Waals surface area contributed by atoms with Crippen molar-refractivity contribution in [1.29, 1.82) is 0 Å². The Kier molecular flexibility index (Phi) is 4.18. The van der Waals surface area contributed by atoms with E-state index < -0.39 is 0 Å². The summed E-state index contributed by atoms with van der Waals surface area (Å²) in [6.07, 6.45) is 2.39. The van der Waals surface area contributed by atoms with Crippen molar-refractivity contribution in [2.24, 2.45) is 11.7 Å². The van der Waals surface area contributed by atoms with Crippen LogP contribution >= 0.6 is 0 Å². The third-order valence-corrected chi connectivity index (χ3v) is 2.43. The second-order valence-corrected chi connectivity index (χ2v) is 3.42. The Balaban J connectivity index is 2.28. The molecule has 4 nitrogen and oxygen atoms in total. The summed E-state index contributed by atoms with van der Waals surface area (Å²) in [4.78, 5) is 10.9. The predicted octanol–water partition coefficient (Wildman–Crippen LogP) is 0.303. The van der Waals surface area contributed by atoms with Crippen LogP contribution in [0.15, 0.2) is 0 Å². The van der Waals surface area contributed by atoms with E-state index in [9.17, 15) is 4.79 Å². The van der Waals surface area contributed by atoms with Crippen LogP contribution in [0.3, 0.4) is 0 Å². The summed E-state index contributed by atoms with van der Waals surface area (Å²) >= 11 is 0. The summed E-state index contributed by atoms with van der Waals surface area (Å²) in [5, 5.41) is 0. The second kappa shape index (κ2) is 5.19. The fraction of sp³-hybridized carbons (Fsp3) is 0.889. The average molecular weight is 187 g/mol.